The number of hydrogen-bond donors (Lipinski definition) is 2. The van der Waals surface area contributed by atoms with E-state index in [0.717, 1.165) is 25.9 Å². The first-order valence-corrected chi connectivity index (χ1v) is 6.92. The van der Waals surface area contributed by atoms with E-state index in [1.54, 1.807) is 0 Å². The summed E-state index contributed by atoms with van der Waals surface area (Å²) in [6.07, 6.45) is 3.11. The third-order valence-corrected chi connectivity index (χ3v) is 3.88. The second-order valence-electron chi connectivity index (χ2n) is 4.44. The van der Waals surface area contributed by atoms with Crippen molar-refractivity contribution in [1.82, 2.24) is 5.32 Å². The maximum absolute atomic E-state index is 11.9. The number of ether oxygens (including phenoxy) is 1. The van der Waals surface area contributed by atoms with Gasteiger partial charge in [-0.1, -0.05) is 23.2 Å². The predicted molar refractivity (Wildman–Crippen MR) is 74.1 cm³/mol. The van der Waals surface area contributed by atoms with Crippen molar-refractivity contribution in [2.75, 3.05) is 13.2 Å². The van der Waals surface area contributed by atoms with Crippen LogP contribution in [0.5, 0.6) is 5.75 Å². The molecule has 1 unspecified atom stereocenters. The van der Waals surface area contributed by atoms with E-state index in [2.05, 4.69) is 5.32 Å². The van der Waals surface area contributed by atoms with Gasteiger partial charge in [-0.15, -0.1) is 0 Å². The molecule has 19 heavy (non-hydrogen) atoms. The van der Waals surface area contributed by atoms with Gasteiger partial charge in [0.15, 0.2) is 0 Å². The van der Waals surface area contributed by atoms with Gasteiger partial charge in [0.1, 0.15) is 10.8 Å². The zero-order valence-corrected chi connectivity index (χ0v) is 11.8. The van der Waals surface area contributed by atoms with Gasteiger partial charge in [-0.25, -0.2) is 0 Å². The maximum Gasteiger partial charge on any atom is 0.255 e. The summed E-state index contributed by atoms with van der Waals surface area (Å²) in [7, 11) is 0. The topological polar surface area (TPSA) is 58.6 Å². The molecule has 1 aromatic carbocycles. The average Bonchev–Trinajstić information content (AvgIpc) is 2.89. The Hall–Kier alpha value is -0.970. The standard InChI is InChI=1S/C13H15Cl2NO3/c14-10-4-3-9(12(17)11(10)15)13(18)16-6-5-8-2-1-7-19-8/h3-4,8,17H,1-2,5-7H2,(H,16,18). The number of carbonyl (C=O) groups excluding carboxylic acids is 1. The Balaban J connectivity index is 1.90. The summed E-state index contributed by atoms with van der Waals surface area (Å²) in [6, 6.07) is 2.93. The molecular formula is C13H15Cl2NO3. The number of rotatable bonds is 4. The molecule has 0 saturated carbocycles. The Labute approximate surface area is 121 Å². The molecule has 0 bridgehead atoms. The van der Waals surface area contributed by atoms with Crippen molar-refractivity contribution in [2.24, 2.45) is 0 Å². The van der Waals surface area contributed by atoms with E-state index in [9.17, 15) is 9.90 Å². The fourth-order valence-electron chi connectivity index (χ4n) is 2.04. The number of hydrogen-bond acceptors (Lipinski definition) is 3. The Kier molecular flexibility index (Phi) is 4.91. The van der Waals surface area contributed by atoms with Crippen LogP contribution in [-0.2, 0) is 4.74 Å². The minimum absolute atomic E-state index is 0.00607. The van der Waals surface area contributed by atoms with E-state index in [4.69, 9.17) is 27.9 Å². The lowest BCUT2D eigenvalue weighted by Gasteiger charge is -2.11. The van der Waals surface area contributed by atoms with Crippen molar-refractivity contribution in [3.05, 3.63) is 27.7 Å². The fraction of sp³-hybridized carbons (Fsp3) is 0.462. The monoisotopic (exact) mass is 303 g/mol. The zero-order chi connectivity index (χ0) is 13.8. The van der Waals surface area contributed by atoms with Crippen molar-refractivity contribution in [1.29, 1.82) is 0 Å². The maximum atomic E-state index is 11.9. The molecule has 1 atom stereocenters. The van der Waals surface area contributed by atoms with E-state index in [-0.39, 0.29) is 33.4 Å². The zero-order valence-electron chi connectivity index (χ0n) is 10.3. The first-order chi connectivity index (χ1) is 9.09. The van der Waals surface area contributed by atoms with Crippen molar-refractivity contribution >= 4 is 29.1 Å². The molecular weight excluding hydrogens is 289 g/mol. The molecule has 104 valence electrons. The number of carbonyl (C=O) groups is 1. The summed E-state index contributed by atoms with van der Waals surface area (Å²) in [4.78, 5) is 11.9. The molecule has 4 nitrogen and oxygen atoms in total. The molecule has 2 rings (SSSR count). The lowest BCUT2D eigenvalue weighted by molar-refractivity contribution is 0.0905. The van der Waals surface area contributed by atoms with Gasteiger partial charge in [0.05, 0.1) is 16.7 Å². The van der Waals surface area contributed by atoms with E-state index in [1.807, 2.05) is 0 Å². The summed E-state index contributed by atoms with van der Waals surface area (Å²) >= 11 is 11.5. The van der Waals surface area contributed by atoms with Gasteiger partial charge >= 0.3 is 0 Å². The van der Waals surface area contributed by atoms with Crippen LogP contribution in [0.15, 0.2) is 12.1 Å². The third kappa shape index (κ3) is 3.53. The molecule has 1 saturated heterocycles. The second-order valence-corrected chi connectivity index (χ2v) is 5.22. The van der Waals surface area contributed by atoms with Crippen LogP contribution in [0.4, 0.5) is 0 Å². The quantitative estimate of drug-likeness (QED) is 0.899. The van der Waals surface area contributed by atoms with Crippen LogP contribution in [0, 0.1) is 0 Å². The fourth-order valence-corrected chi connectivity index (χ4v) is 2.35. The summed E-state index contributed by atoms with van der Waals surface area (Å²) in [5, 5.41) is 12.7. The highest BCUT2D eigenvalue weighted by Gasteiger charge is 2.18. The molecule has 6 heteroatoms. The average molecular weight is 304 g/mol. The smallest absolute Gasteiger partial charge is 0.255 e. The SMILES string of the molecule is O=C(NCCC1CCCO1)c1ccc(Cl)c(Cl)c1O. The minimum Gasteiger partial charge on any atom is -0.505 e. The number of phenols is 1. The highest BCUT2D eigenvalue weighted by atomic mass is 35.5. The molecule has 1 heterocycles. The van der Waals surface area contributed by atoms with Crippen LogP contribution in [0.3, 0.4) is 0 Å². The van der Waals surface area contributed by atoms with Gasteiger partial charge in [0.25, 0.3) is 5.91 Å². The van der Waals surface area contributed by atoms with Crippen LogP contribution >= 0.6 is 23.2 Å². The molecule has 1 fully saturated rings. The minimum atomic E-state index is -0.367. The summed E-state index contributed by atoms with van der Waals surface area (Å²) in [6.45, 7) is 1.30. The van der Waals surface area contributed by atoms with Crippen molar-refractivity contribution in [3.8, 4) is 5.75 Å². The summed E-state index contributed by atoms with van der Waals surface area (Å²) in [5.41, 5.74) is 0.127. The molecule has 1 amide bonds. The van der Waals surface area contributed by atoms with Crippen LogP contribution in [0.1, 0.15) is 29.6 Å². The number of nitrogens with one attached hydrogen (secondary N) is 1. The van der Waals surface area contributed by atoms with Gasteiger partial charge in [-0.2, -0.15) is 0 Å². The molecule has 0 radical (unpaired) electrons. The first-order valence-electron chi connectivity index (χ1n) is 6.16. The Bertz CT molecular complexity index is 473. The Morgan fingerprint density at radius 3 is 2.95 bits per heavy atom. The van der Waals surface area contributed by atoms with Gasteiger partial charge < -0.3 is 15.2 Å². The Morgan fingerprint density at radius 2 is 2.26 bits per heavy atom. The van der Waals surface area contributed by atoms with Crippen molar-refractivity contribution in [3.63, 3.8) is 0 Å². The molecule has 1 aromatic rings. The van der Waals surface area contributed by atoms with Crippen LogP contribution in [-0.4, -0.2) is 30.3 Å². The molecule has 1 aliphatic rings. The number of halogens is 2. The third-order valence-electron chi connectivity index (χ3n) is 3.09. The molecule has 0 aliphatic carbocycles. The summed E-state index contributed by atoms with van der Waals surface area (Å²) < 4.78 is 5.46. The van der Waals surface area contributed by atoms with E-state index >= 15 is 0 Å². The summed E-state index contributed by atoms with van der Waals surface area (Å²) in [5.74, 6) is -0.655. The van der Waals surface area contributed by atoms with Crippen molar-refractivity contribution < 1.29 is 14.6 Å². The van der Waals surface area contributed by atoms with E-state index < -0.39 is 0 Å². The van der Waals surface area contributed by atoms with Crippen LogP contribution in [0.25, 0.3) is 0 Å². The predicted octanol–water partition coefficient (Wildman–Crippen LogP) is 3.00. The van der Waals surface area contributed by atoms with Crippen LogP contribution in [0.2, 0.25) is 10.0 Å². The number of benzene rings is 1. The largest absolute Gasteiger partial charge is 0.505 e. The first kappa shape index (κ1) is 14.4. The van der Waals surface area contributed by atoms with Gasteiger partial charge in [0, 0.05) is 13.2 Å². The highest BCUT2D eigenvalue weighted by molar-refractivity contribution is 6.43. The molecule has 2 N–H and O–H groups in total. The normalized spacial score (nSPS) is 18.5. The van der Waals surface area contributed by atoms with Crippen LogP contribution < -0.4 is 5.32 Å². The van der Waals surface area contributed by atoms with Gasteiger partial charge in [-0.05, 0) is 31.4 Å². The molecule has 1 aliphatic heterocycles. The van der Waals surface area contributed by atoms with E-state index in [0.29, 0.717) is 6.54 Å². The number of aromatic hydroxyl groups is 1. The number of amides is 1. The second kappa shape index (κ2) is 6.46. The van der Waals surface area contributed by atoms with Gasteiger partial charge in [0.2, 0.25) is 0 Å². The number of phenolic OH excluding ortho intramolecular Hbond substituents is 1. The van der Waals surface area contributed by atoms with Gasteiger partial charge in [-0.3, -0.25) is 4.79 Å². The molecule has 0 spiro atoms. The molecule has 0 aromatic heterocycles. The van der Waals surface area contributed by atoms with E-state index in [1.165, 1.54) is 12.1 Å². The lowest BCUT2D eigenvalue weighted by atomic mass is 10.1. The van der Waals surface area contributed by atoms with Crippen molar-refractivity contribution in [2.45, 2.75) is 25.4 Å². The highest BCUT2D eigenvalue weighted by Crippen LogP contribution is 2.33. The Morgan fingerprint density at radius 1 is 1.47 bits per heavy atom. The lowest BCUT2D eigenvalue weighted by Crippen LogP contribution is -2.27.